The molecule has 0 aromatic heterocycles. The maximum atomic E-state index is 12.5. The van der Waals surface area contributed by atoms with Gasteiger partial charge in [-0.25, -0.2) is 0 Å². The summed E-state index contributed by atoms with van der Waals surface area (Å²) in [7, 11) is 0. The number of carbonyl (C=O) groups excluding carboxylic acids is 2. The number of ketones is 1. The van der Waals surface area contributed by atoms with E-state index in [0.29, 0.717) is 30.4 Å². The van der Waals surface area contributed by atoms with E-state index in [9.17, 15) is 9.59 Å². The number of ether oxygens (including phenoxy) is 2. The summed E-state index contributed by atoms with van der Waals surface area (Å²) in [5.41, 5.74) is 2.70. The lowest BCUT2D eigenvalue weighted by atomic mass is 10.0. The number of Topliss-reactive ketones (excluding diaryl/α,β-unsaturated/α-hetero) is 1. The second-order valence-electron chi connectivity index (χ2n) is 7.74. The first-order chi connectivity index (χ1) is 14.5. The quantitative estimate of drug-likeness (QED) is 0.676. The molecule has 2 aromatic rings. The molecule has 1 amide bonds. The largest absolute Gasteiger partial charge is 0.481 e. The first-order valence-electron chi connectivity index (χ1n) is 10.4. The van der Waals surface area contributed by atoms with E-state index in [1.807, 2.05) is 36.4 Å². The molecule has 1 fully saturated rings. The smallest absolute Gasteiger partial charge is 0.261 e. The van der Waals surface area contributed by atoms with Crippen LogP contribution in [0.4, 0.5) is 5.69 Å². The van der Waals surface area contributed by atoms with Crippen LogP contribution < -0.4 is 15.0 Å². The number of anilines is 1. The number of hydrogen-bond acceptors (Lipinski definition) is 5. The number of carbonyl (C=O) groups is 2. The Hall–Kier alpha value is -2.86. The second kappa shape index (κ2) is 10.3. The third kappa shape index (κ3) is 5.60. The number of para-hydroxylation sites is 1. The Bertz CT molecular complexity index is 858. The van der Waals surface area contributed by atoms with Gasteiger partial charge >= 0.3 is 0 Å². The summed E-state index contributed by atoms with van der Waals surface area (Å²) in [5.74, 6) is 0.539. The fourth-order valence-electron chi connectivity index (χ4n) is 3.40. The average Bonchev–Trinajstić information content (AvgIpc) is 2.78. The van der Waals surface area contributed by atoms with Crippen molar-refractivity contribution in [1.82, 2.24) is 5.32 Å². The van der Waals surface area contributed by atoms with Crippen molar-refractivity contribution in [2.45, 2.75) is 32.8 Å². The maximum absolute atomic E-state index is 12.5. The molecule has 2 aromatic carbocycles. The van der Waals surface area contributed by atoms with Gasteiger partial charge < -0.3 is 19.7 Å². The molecular weight excluding hydrogens is 380 g/mol. The van der Waals surface area contributed by atoms with Gasteiger partial charge in [0.1, 0.15) is 5.75 Å². The van der Waals surface area contributed by atoms with E-state index < -0.39 is 6.10 Å². The van der Waals surface area contributed by atoms with Gasteiger partial charge in [0.25, 0.3) is 5.91 Å². The monoisotopic (exact) mass is 410 g/mol. The zero-order valence-corrected chi connectivity index (χ0v) is 17.9. The number of benzene rings is 2. The van der Waals surface area contributed by atoms with E-state index >= 15 is 0 Å². The number of nitrogens with zero attached hydrogens (tertiary/aromatic N) is 1. The lowest BCUT2D eigenvalue weighted by Gasteiger charge is -2.28. The maximum Gasteiger partial charge on any atom is 0.261 e. The molecule has 1 heterocycles. The van der Waals surface area contributed by atoms with Crippen LogP contribution in [0.1, 0.15) is 42.6 Å². The zero-order valence-electron chi connectivity index (χ0n) is 17.9. The fraction of sp³-hybridized carbons (Fsp3) is 0.417. The Morgan fingerprint density at radius 2 is 1.70 bits per heavy atom. The summed E-state index contributed by atoms with van der Waals surface area (Å²) in [6.45, 7) is 8.92. The third-order valence-corrected chi connectivity index (χ3v) is 5.20. The molecule has 1 aliphatic heterocycles. The van der Waals surface area contributed by atoms with Gasteiger partial charge in [0.05, 0.1) is 19.8 Å². The van der Waals surface area contributed by atoms with Crippen LogP contribution in [0.5, 0.6) is 5.75 Å². The molecule has 1 atom stereocenters. The molecular formula is C24H30N2O4. The van der Waals surface area contributed by atoms with Crippen LogP contribution >= 0.6 is 0 Å². The van der Waals surface area contributed by atoms with Crippen LogP contribution in [0.2, 0.25) is 0 Å². The normalized spacial score (nSPS) is 15.0. The minimum atomic E-state index is -0.693. The van der Waals surface area contributed by atoms with Gasteiger partial charge in [0, 0.05) is 24.3 Å². The van der Waals surface area contributed by atoms with Gasteiger partial charge in [0.15, 0.2) is 11.9 Å². The van der Waals surface area contributed by atoms with Crippen LogP contribution in [0.25, 0.3) is 0 Å². The fourth-order valence-corrected chi connectivity index (χ4v) is 3.40. The van der Waals surface area contributed by atoms with E-state index in [1.165, 1.54) is 0 Å². The van der Waals surface area contributed by atoms with E-state index in [-0.39, 0.29) is 18.2 Å². The number of amides is 1. The van der Waals surface area contributed by atoms with E-state index in [0.717, 1.165) is 24.3 Å². The van der Waals surface area contributed by atoms with Gasteiger partial charge in [-0.2, -0.15) is 0 Å². The summed E-state index contributed by atoms with van der Waals surface area (Å²) in [4.78, 5) is 27.1. The van der Waals surface area contributed by atoms with Crippen molar-refractivity contribution in [3.8, 4) is 5.75 Å². The van der Waals surface area contributed by atoms with Crippen molar-refractivity contribution in [3.05, 3.63) is 59.7 Å². The summed E-state index contributed by atoms with van der Waals surface area (Å²) >= 11 is 0. The average molecular weight is 411 g/mol. The van der Waals surface area contributed by atoms with Crippen molar-refractivity contribution in [2.75, 3.05) is 37.7 Å². The highest BCUT2D eigenvalue weighted by atomic mass is 16.5. The Labute approximate surface area is 178 Å². The summed E-state index contributed by atoms with van der Waals surface area (Å²) in [6.07, 6.45) is -0.693. The van der Waals surface area contributed by atoms with Crippen molar-refractivity contribution in [2.24, 2.45) is 0 Å². The Kier molecular flexibility index (Phi) is 7.46. The van der Waals surface area contributed by atoms with Crippen molar-refractivity contribution >= 4 is 17.4 Å². The van der Waals surface area contributed by atoms with Gasteiger partial charge in [0.2, 0.25) is 0 Å². The molecule has 30 heavy (non-hydrogen) atoms. The Morgan fingerprint density at radius 3 is 2.37 bits per heavy atom. The predicted molar refractivity (Wildman–Crippen MR) is 117 cm³/mol. The molecule has 3 rings (SSSR count). The van der Waals surface area contributed by atoms with E-state index in [2.05, 4.69) is 24.1 Å². The lowest BCUT2D eigenvalue weighted by Crippen LogP contribution is -2.39. The molecule has 0 saturated carbocycles. The van der Waals surface area contributed by atoms with Gasteiger partial charge in [-0.05, 0) is 48.7 Å². The summed E-state index contributed by atoms with van der Waals surface area (Å²) in [6, 6.07) is 15.2. The molecule has 0 radical (unpaired) electrons. The van der Waals surface area contributed by atoms with Gasteiger partial charge in [-0.15, -0.1) is 0 Å². The van der Waals surface area contributed by atoms with Crippen molar-refractivity contribution in [1.29, 1.82) is 0 Å². The second-order valence-corrected chi connectivity index (χ2v) is 7.74. The van der Waals surface area contributed by atoms with Crippen LogP contribution in [0, 0.1) is 0 Å². The van der Waals surface area contributed by atoms with Crippen LogP contribution in [-0.2, 0) is 9.53 Å². The molecule has 1 aliphatic rings. The summed E-state index contributed by atoms with van der Waals surface area (Å²) < 4.78 is 11.2. The third-order valence-electron chi connectivity index (χ3n) is 5.20. The number of morpholine rings is 1. The Balaban J connectivity index is 1.52. The topological polar surface area (TPSA) is 67.9 Å². The number of hydrogen-bond donors (Lipinski definition) is 1. The standard InChI is InChI=1S/C24H30N2O4/c1-17(2)21-6-4-5-7-23(21)30-18(3)24(28)25-16-22(27)19-8-10-20(11-9-19)26-12-14-29-15-13-26/h4-11,17-18H,12-16H2,1-3H3,(H,25,28). The minimum absolute atomic E-state index is 0.0603. The number of nitrogens with one attached hydrogen (secondary N) is 1. The molecule has 1 N–H and O–H groups in total. The molecule has 1 unspecified atom stereocenters. The van der Waals surface area contributed by atoms with Gasteiger partial charge in [-0.1, -0.05) is 32.0 Å². The zero-order chi connectivity index (χ0) is 21.5. The molecule has 0 bridgehead atoms. The first-order valence-corrected chi connectivity index (χ1v) is 10.4. The Morgan fingerprint density at radius 1 is 1.03 bits per heavy atom. The molecule has 0 spiro atoms. The van der Waals surface area contributed by atoms with Crippen LogP contribution in [-0.4, -0.2) is 50.6 Å². The highest BCUT2D eigenvalue weighted by molar-refractivity contribution is 5.99. The predicted octanol–water partition coefficient (Wildman–Crippen LogP) is 3.41. The molecule has 6 nitrogen and oxygen atoms in total. The highest BCUT2D eigenvalue weighted by Crippen LogP contribution is 2.26. The SMILES string of the molecule is CC(Oc1ccccc1C(C)C)C(=O)NCC(=O)c1ccc(N2CCOCC2)cc1. The summed E-state index contributed by atoms with van der Waals surface area (Å²) in [5, 5.41) is 2.69. The molecule has 6 heteroatoms. The van der Waals surface area contributed by atoms with Crippen molar-refractivity contribution in [3.63, 3.8) is 0 Å². The van der Waals surface area contributed by atoms with Crippen LogP contribution in [0.3, 0.4) is 0 Å². The number of rotatable bonds is 8. The van der Waals surface area contributed by atoms with Crippen molar-refractivity contribution < 1.29 is 19.1 Å². The minimum Gasteiger partial charge on any atom is -0.481 e. The molecule has 160 valence electrons. The van der Waals surface area contributed by atoms with Crippen LogP contribution in [0.15, 0.2) is 48.5 Å². The molecule has 1 saturated heterocycles. The lowest BCUT2D eigenvalue weighted by molar-refractivity contribution is -0.127. The highest BCUT2D eigenvalue weighted by Gasteiger charge is 2.18. The first kappa shape index (κ1) is 21.8. The van der Waals surface area contributed by atoms with E-state index in [1.54, 1.807) is 19.1 Å². The molecule has 0 aliphatic carbocycles. The van der Waals surface area contributed by atoms with Gasteiger partial charge in [-0.3, -0.25) is 9.59 Å². The van der Waals surface area contributed by atoms with E-state index in [4.69, 9.17) is 9.47 Å².